The lowest BCUT2D eigenvalue weighted by Crippen LogP contribution is -2.34. The molecule has 0 atom stereocenters. The number of carboxylic acid groups (broad SMARTS) is 1. The van der Waals surface area contributed by atoms with Gasteiger partial charge in [0.2, 0.25) is 0 Å². The van der Waals surface area contributed by atoms with E-state index in [1.807, 2.05) is 30.5 Å². The van der Waals surface area contributed by atoms with Gasteiger partial charge in [0.05, 0.1) is 5.69 Å². The molecule has 1 fully saturated rings. The van der Waals surface area contributed by atoms with Gasteiger partial charge in [-0.3, -0.25) is 9.88 Å². The highest BCUT2D eigenvalue weighted by Gasteiger charge is 2.31. The first-order valence-electron chi connectivity index (χ1n) is 12.5. The predicted molar refractivity (Wildman–Crippen MR) is 147 cm³/mol. The molecule has 1 saturated carbocycles. The van der Waals surface area contributed by atoms with E-state index in [9.17, 15) is 9.90 Å². The number of nitrogens with zero attached hydrogens (tertiary/aromatic N) is 2. The Morgan fingerprint density at radius 3 is 2.60 bits per heavy atom. The third-order valence-corrected chi connectivity index (χ3v) is 9.09. The van der Waals surface area contributed by atoms with Crippen LogP contribution in [0.3, 0.4) is 0 Å². The number of halogens is 1. The topological polar surface area (TPSA) is 53.4 Å². The Morgan fingerprint density at radius 1 is 1.14 bits per heavy atom. The third kappa shape index (κ3) is 5.60. The predicted octanol–water partition coefficient (Wildman–Crippen LogP) is 7.76. The highest BCUT2D eigenvalue weighted by molar-refractivity contribution is 9.10. The second-order valence-corrected chi connectivity index (χ2v) is 11.9. The van der Waals surface area contributed by atoms with Crippen LogP contribution < -0.4 is 0 Å². The number of aromatic nitrogens is 1. The molecule has 0 saturated heterocycles. The number of aromatic carboxylic acids is 1. The maximum Gasteiger partial charge on any atom is 0.346 e. The Balaban J connectivity index is 1.52. The minimum absolute atomic E-state index is 0.476. The van der Waals surface area contributed by atoms with Gasteiger partial charge in [-0.2, -0.15) is 0 Å². The fourth-order valence-electron chi connectivity index (χ4n) is 5.52. The van der Waals surface area contributed by atoms with Gasteiger partial charge in [0.15, 0.2) is 0 Å². The Bertz CT molecular complexity index is 1210. The van der Waals surface area contributed by atoms with E-state index >= 15 is 0 Å². The van der Waals surface area contributed by atoms with Crippen molar-refractivity contribution in [3.05, 3.63) is 80.9 Å². The Kier molecular flexibility index (Phi) is 7.51. The first-order chi connectivity index (χ1) is 17.0. The highest BCUT2D eigenvalue weighted by atomic mass is 79.9. The van der Waals surface area contributed by atoms with E-state index < -0.39 is 5.97 Å². The molecular weight excluding hydrogens is 520 g/mol. The molecule has 2 aliphatic rings. The van der Waals surface area contributed by atoms with Crippen molar-refractivity contribution in [2.45, 2.75) is 45.6 Å². The van der Waals surface area contributed by atoms with E-state index in [1.165, 1.54) is 48.2 Å². The standard InChI is InChI=1S/C29H31BrN2O2S/c1-19-7-9-20(10-8-19)26-18-32(17-23-12-11-22(30)16-31-23)14-13-24(26)25-15-27(35-28(25)29(33)34)21-5-3-2-4-6-21/h2-6,11-12,15-16,19-20H,7-10,13-14,17-18H2,1H3,(H,33,34). The minimum Gasteiger partial charge on any atom is -0.477 e. The molecule has 1 aliphatic carbocycles. The summed E-state index contributed by atoms with van der Waals surface area (Å²) in [7, 11) is 0. The average molecular weight is 552 g/mol. The molecule has 0 amide bonds. The minimum atomic E-state index is -0.821. The molecule has 1 aromatic carbocycles. The highest BCUT2D eigenvalue weighted by Crippen LogP contribution is 2.43. The maximum absolute atomic E-state index is 12.3. The molecule has 2 aromatic heterocycles. The number of hydrogen-bond donors (Lipinski definition) is 1. The van der Waals surface area contributed by atoms with Crippen LogP contribution in [0.5, 0.6) is 0 Å². The monoisotopic (exact) mass is 550 g/mol. The van der Waals surface area contributed by atoms with Gasteiger partial charge in [-0.15, -0.1) is 11.3 Å². The molecule has 6 heteroatoms. The van der Waals surface area contributed by atoms with Crippen molar-refractivity contribution >= 4 is 38.8 Å². The second kappa shape index (κ2) is 10.8. The molecule has 1 aliphatic heterocycles. The number of benzene rings is 1. The largest absolute Gasteiger partial charge is 0.477 e. The van der Waals surface area contributed by atoms with Crippen LogP contribution in [0.2, 0.25) is 0 Å². The van der Waals surface area contributed by atoms with Gasteiger partial charge in [-0.25, -0.2) is 4.79 Å². The van der Waals surface area contributed by atoms with Crippen LogP contribution in [-0.2, 0) is 6.54 Å². The van der Waals surface area contributed by atoms with Gasteiger partial charge in [0.1, 0.15) is 4.88 Å². The van der Waals surface area contributed by atoms with Gasteiger partial charge in [0.25, 0.3) is 0 Å². The summed E-state index contributed by atoms with van der Waals surface area (Å²) in [6, 6.07) is 16.4. The van der Waals surface area contributed by atoms with Crippen molar-refractivity contribution < 1.29 is 9.90 Å². The van der Waals surface area contributed by atoms with Crippen LogP contribution in [0.25, 0.3) is 16.0 Å². The lowest BCUT2D eigenvalue weighted by atomic mass is 9.75. The molecule has 35 heavy (non-hydrogen) atoms. The quantitative estimate of drug-likeness (QED) is 0.340. The molecule has 4 nitrogen and oxygen atoms in total. The zero-order chi connectivity index (χ0) is 24.4. The molecule has 3 aromatic rings. The van der Waals surface area contributed by atoms with Crippen molar-refractivity contribution in [3.63, 3.8) is 0 Å². The number of pyridine rings is 1. The lowest BCUT2D eigenvalue weighted by Gasteiger charge is -2.37. The van der Waals surface area contributed by atoms with E-state index in [4.69, 9.17) is 0 Å². The van der Waals surface area contributed by atoms with E-state index in [-0.39, 0.29) is 0 Å². The number of thiophene rings is 1. The van der Waals surface area contributed by atoms with E-state index in [2.05, 4.69) is 57.0 Å². The first kappa shape index (κ1) is 24.4. The van der Waals surface area contributed by atoms with Crippen LogP contribution in [0.4, 0.5) is 0 Å². The smallest absolute Gasteiger partial charge is 0.346 e. The van der Waals surface area contributed by atoms with Gasteiger partial charge < -0.3 is 5.11 Å². The van der Waals surface area contributed by atoms with Crippen molar-refractivity contribution in [2.24, 2.45) is 11.8 Å². The van der Waals surface area contributed by atoms with Crippen LogP contribution in [0.15, 0.2) is 64.8 Å². The normalized spacial score (nSPS) is 21.3. The van der Waals surface area contributed by atoms with Crippen LogP contribution in [-0.4, -0.2) is 34.0 Å². The van der Waals surface area contributed by atoms with Crippen LogP contribution in [0, 0.1) is 11.8 Å². The van der Waals surface area contributed by atoms with Gasteiger partial charge >= 0.3 is 5.97 Å². The maximum atomic E-state index is 12.3. The summed E-state index contributed by atoms with van der Waals surface area (Å²) < 4.78 is 0.993. The fraction of sp³-hybridized carbons (Fsp3) is 0.379. The van der Waals surface area contributed by atoms with Gasteiger partial charge in [-0.1, -0.05) is 50.1 Å². The van der Waals surface area contributed by atoms with Crippen LogP contribution >= 0.6 is 27.3 Å². The lowest BCUT2D eigenvalue weighted by molar-refractivity contribution is 0.0702. The van der Waals surface area contributed by atoms with Crippen molar-refractivity contribution in [3.8, 4) is 10.4 Å². The molecule has 182 valence electrons. The zero-order valence-corrected chi connectivity index (χ0v) is 22.4. The van der Waals surface area contributed by atoms with E-state index in [1.54, 1.807) is 0 Å². The van der Waals surface area contributed by atoms with Gasteiger partial charge in [-0.05, 0) is 81.9 Å². The summed E-state index contributed by atoms with van der Waals surface area (Å²) in [6.07, 6.45) is 7.63. The van der Waals surface area contributed by atoms with Crippen molar-refractivity contribution in [2.75, 3.05) is 13.1 Å². The fourth-order valence-corrected chi connectivity index (χ4v) is 6.78. The van der Waals surface area contributed by atoms with Gasteiger partial charge in [0, 0.05) is 40.7 Å². The summed E-state index contributed by atoms with van der Waals surface area (Å²) in [4.78, 5) is 20.9. The number of hydrogen-bond acceptors (Lipinski definition) is 4. The second-order valence-electron chi connectivity index (χ2n) is 9.91. The molecule has 0 spiro atoms. The molecule has 5 rings (SSSR count). The average Bonchev–Trinajstić information content (AvgIpc) is 3.32. The Labute approximate surface area is 219 Å². The molecule has 3 heterocycles. The third-order valence-electron chi connectivity index (χ3n) is 7.45. The summed E-state index contributed by atoms with van der Waals surface area (Å²) in [5, 5.41) is 10.1. The Morgan fingerprint density at radius 2 is 1.91 bits per heavy atom. The van der Waals surface area contributed by atoms with Crippen LogP contribution in [0.1, 0.15) is 60.0 Å². The molecule has 0 unspecified atom stereocenters. The number of carbonyl (C=O) groups is 1. The molecule has 1 N–H and O–H groups in total. The summed E-state index contributed by atoms with van der Waals surface area (Å²) in [6.45, 7) is 4.97. The SMILES string of the molecule is CC1CCC(C2=C(c3cc(-c4ccccc4)sc3C(=O)O)CCN(Cc3ccc(Br)cn3)C2)CC1. The molecule has 0 radical (unpaired) electrons. The molecule has 0 bridgehead atoms. The number of carboxylic acids is 1. The summed E-state index contributed by atoms with van der Waals surface area (Å²) in [5.74, 6) is 0.490. The van der Waals surface area contributed by atoms with Crippen molar-refractivity contribution in [1.29, 1.82) is 0 Å². The van der Waals surface area contributed by atoms with E-state index in [0.717, 1.165) is 58.1 Å². The van der Waals surface area contributed by atoms with Crippen molar-refractivity contribution in [1.82, 2.24) is 9.88 Å². The summed E-state index contributed by atoms with van der Waals surface area (Å²) in [5.41, 5.74) is 5.83. The summed E-state index contributed by atoms with van der Waals surface area (Å²) >= 11 is 4.88. The Hall–Kier alpha value is -2.28. The first-order valence-corrected chi connectivity index (χ1v) is 14.1. The zero-order valence-electron chi connectivity index (χ0n) is 20.0. The number of rotatable bonds is 6. The van der Waals surface area contributed by atoms with E-state index in [0.29, 0.717) is 10.8 Å². The molecular formula is C29H31BrN2O2S.